The van der Waals surface area contributed by atoms with Crippen LogP contribution in [0.3, 0.4) is 0 Å². The van der Waals surface area contributed by atoms with Crippen molar-refractivity contribution in [1.29, 1.82) is 0 Å². The summed E-state index contributed by atoms with van der Waals surface area (Å²) in [6.07, 6.45) is 5.51. The molecule has 2 N–H and O–H groups in total. The van der Waals surface area contributed by atoms with Crippen LogP contribution in [-0.2, 0) is 11.3 Å². The molecule has 0 aliphatic carbocycles. The van der Waals surface area contributed by atoms with Crippen molar-refractivity contribution in [2.45, 2.75) is 13.5 Å². The van der Waals surface area contributed by atoms with Crippen LogP contribution in [0.5, 0.6) is 0 Å². The van der Waals surface area contributed by atoms with Gasteiger partial charge in [-0.25, -0.2) is 4.98 Å². The van der Waals surface area contributed by atoms with Crippen molar-refractivity contribution in [2.75, 3.05) is 16.8 Å². The second-order valence-electron chi connectivity index (χ2n) is 6.11. The average molecular weight is 415 g/mol. The van der Waals surface area contributed by atoms with Gasteiger partial charge in [-0.05, 0) is 35.9 Å². The number of carbonyl (C=O) groups is 1. The summed E-state index contributed by atoms with van der Waals surface area (Å²) in [5, 5.41) is 3.79. The Morgan fingerprint density at radius 3 is 2.71 bits per heavy atom. The summed E-state index contributed by atoms with van der Waals surface area (Å²) in [7, 11) is 0. The maximum absolute atomic E-state index is 12.4. The first kappa shape index (κ1) is 19.7. The van der Waals surface area contributed by atoms with Gasteiger partial charge in [0.1, 0.15) is 0 Å². The van der Waals surface area contributed by atoms with Crippen molar-refractivity contribution in [2.24, 2.45) is 0 Å². The highest BCUT2D eigenvalue weighted by atomic mass is 35.5. The Morgan fingerprint density at radius 1 is 1.25 bits per heavy atom. The van der Waals surface area contributed by atoms with Gasteiger partial charge < -0.3 is 4.90 Å². The van der Waals surface area contributed by atoms with Crippen molar-refractivity contribution in [3.63, 3.8) is 0 Å². The molecule has 1 heterocycles. The molecule has 0 atom stereocenters. The van der Waals surface area contributed by atoms with E-state index in [1.165, 1.54) is 6.92 Å². The zero-order valence-electron chi connectivity index (χ0n) is 14.9. The van der Waals surface area contributed by atoms with Crippen molar-refractivity contribution in [1.82, 2.24) is 9.97 Å². The van der Waals surface area contributed by atoms with Crippen molar-refractivity contribution < 1.29 is 4.79 Å². The fourth-order valence-electron chi connectivity index (χ4n) is 2.76. The number of anilines is 2. The molecule has 0 unspecified atom stereocenters. The number of nitrogens with zero attached hydrogens (tertiary/aromatic N) is 2. The SMILES string of the molecule is C#CCN(Cc1ccc2nc(NC(C)=O)[nH]c(=O)c2c1)c1ccc(Cl)c(Cl)c1. The number of aromatic amines is 1. The van der Waals surface area contributed by atoms with Crippen LogP contribution in [0.15, 0.2) is 41.2 Å². The highest BCUT2D eigenvalue weighted by Gasteiger charge is 2.11. The molecule has 1 aromatic heterocycles. The van der Waals surface area contributed by atoms with E-state index in [1.807, 2.05) is 17.0 Å². The maximum atomic E-state index is 12.4. The summed E-state index contributed by atoms with van der Waals surface area (Å²) in [5.41, 5.74) is 1.83. The number of rotatable bonds is 5. The number of terminal acetylenes is 1. The van der Waals surface area contributed by atoms with Gasteiger partial charge in [0, 0.05) is 19.2 Å². The molecule has 0 bridgehead atoms. The molecule has 0 saturated carbocycles. The van der Waals surface area contributed by atoms with E-state index < -0.39 is 0 Å². The second-order valence-corrected chi connectivity index (χ2v) is 6.92. The predicted octanol–water partition coefficient (Wildman–Crippen LogP) is 3.83. The minimum atomic E-state index is -0.339. The summed E-state index contributed by atoms with van der Waals surface area (Å²) in [5.74, 6) is 2.42. The van der Waals surface area contributed by atoms with E-state index >= 15 is 0 Å². The minimum Gasteiger partial charge on any atom is -0.356 e. The molecular weight excluding hydrogens is 399 g/mol. The van der Waals surface area contributed by atoms with Crippen molar-refractivity contribution >= 4 is 51.6 Å². The number of aromatic nitrogens is 2. The third kappa shape index (κ3) is 4.45. The Morgan fingerprint density at radius 2 is 2.04 bits per heavy atom. The normalized spacial score (nSPS) is 10.5. The molecule has 0 saturated heterocycles. The van der Waals surface area contributed by atoms with Crippen molar-refractivity contribution in [3.05, 3.63) is 62.4 Å². The van der Waals surface area contributed by atoms with E-state index in [0.29, 0.717) is 34.0 Å². The highest BCUT2D eigenvalue weighted by molar-refractivity contribution is 6.42. The Bertz CT molecular complexity index is 1150. The van der Waals surface area contributed by atoms with Crippen LogP contribution in [0.25, 0.3) is 10.9 Å². The van der Waals surface area contributed by atoms with Crippen LogP contribution in [-0.4, -0.2) is 22.4 Å². The first-order chi connectivity index (χ1) is 13.4. The Hall–Kier alpha value is -3.01. The molecule has 1 amide bonds. The van der Waals surface area contributed by atoms with Crippen LogP contribution < -0.4 is 15.8 Å². The first-order valence-corrected chi connectivity index (χ1v) is 9.07. The van der Waals surface area contributed by atoms with Crippen LogP contribution in [0.4, 0.5) is 11.6 Å². The smallest absolute Gasteiger partial charge is 0.260 e. The molecule has 0 aliphatic heterocycles. The van der Waals surface area contributed by atoms with Gasteiger partial charge in [-0.3, -0.25) is 19.9 Å². The topological polar surface area (TPSA) is 78.1 Å². The fraction of sp³-hybridized carbons (Fsp3) is 0.150. The summed E-state index contributed by atoms with van der Waals surface area (Å²) in [4.78, 5) is 32.3. The zero-order valence-corrected chi connectivity index (χ0v) is 16.4. The van der Waals surface area contributed by atoms with Crippen LogP contribution in [0, 0.1) is 12.3 Å². The van der Waals surface area contributed by atoms with Gasteiger partial charge in [0.2, 0.25) is 11.9 Å². The first-order valence-electron chi connectivity index (χ1n) is 8.31. The summed E-state index contributed by atoms with van der Waals surface area (Å²) in [6.45, 7) is 2.16. The van der Waals surface area contributed by atoms with Crippen LogP contribution in [0.2, 0.25) is 10.0 Å². The molecule has 3 rings (SSSR count). The van der Waals surface area contributed by atoms with Gasteiger partial charge in [-0.2, -0.15) is 0 Å². The molecule has 142 valence electrons. The molecule has 0 aliphatic rings. The van der Waals surface area contributed by atoms with Gasteiger partial charge in [0.25, 0.3) is 5.56 Å². The Labute approximate surface area is 171 Å². The second kappa shape index (κ2) is 8.34. The molecule has 0 fully saturated rings. The van der Waals surface area contributed by atoms with Crippen LogP contribution in [0.1, 0.15) is 12.5 Å². The fourth-order valence-corrected chi connectivity index (χ4v) is 3.05. The lowest BCUT2D eigenvalue weighted by molar-refractivity contribution is -0.114. The standard InChI is InChI=1S/C20H16Cl2N4O2/c1-3-8-26(14-5-6-16(21)17(22)10-14)11-13-4-7-18-15(9-13)19(28)25-20(24-18)23-12(2)27/h1,4-7,9-10H,8,11H2,2H3,(H2,23,24,25,27,28). The summed E-state index contributed by atoms with van der Waals surface area (Å²) >= 11 is 12.1. The number of fused-ring (bicyclic) bond motifs is 1. The molecule has 6 nitrogen and oxygen atoms in total. The van der Waals surface area contributed by atoms with Gasteiger partial charge in [0.05, 0.1) is 27.5 Å². The molecule has 0 spiro atoms. The number of halogens is 2. The lowest BCUT2D eigenvalue weighted by Gasteiger charge is -2.23. The maximum Gasteiger partial charge on any atom is 0.260 e. The number of carbonyl (C=O) groups excluding carboxylic acids is 1. The van der Waals surface area contributed by atoms with Gasteiger partial charge in [-0.15, -0.1) is 6.42 Å². The monoisotopic (exact) mass is 414 g/mol. The predicted molar refractivity (Wildman–Crippen MR) is 113 cm³/mol. The van der Waals surface area contributed by atoms with Gasteiger partial charge >= 0.3 is 0 Å². The van der Waals surface area contributed by atoms with Gasteiger partial charge in [0.15, 0.2) is 0 Å². The molecule has 2 aromatic carbocycles. The van der Waals surface area contributed by atoms with E-state index in [0.717, 1.165) is 11.3 Å². The minimum absolute atomic E-state index is 0.113. The molecule has 3 aromatic rings. The number of H-pyrrole nitrogens is 1. The Balaban J connectivity index is 1.94. The zero-order chi connectivity index (χ0) is 20.3. The third-order valence-corrected chi connectivity index (χ3v) is 4.73. The van der Waals surface area contributed by atoms with E-state index in [9.17, 15) is 9.59 Å². The lowest BCUT2D eigenvalue weighted by atomic mass is 10.1. The van der Waals surface area contributed by atoms with E-state index in [4.69, 9.17) is 29.6 Å². The number of hydrogen-bond acceptors (Lipinski definition) is 4. The molecule has 0 radical (unpaired) electrons. The van der Waals surface area contributed by atoms with E-state index in [-0.39, 0.29) is 17.4 Å². The Kier molecular flexibility index (Phi) is 5.88. The summed E-state index contributed by atoms with van der Waals surface area (Å²) in [6, 6.07) is 10.6. The number of nitrogens with one attached hydrogen (secondary N) is 2. The molecule has 8 heteroatoms. The van der Waals surface area contributed by atoms with E-state index in [2.05, 4.69) is 21.2 Å². The quantitative estimate of drug-likeness (QED) is 0.621. The number of amides is 1. The number of benzene rings is 2. The van der Waals surface area contributed by atoms with Crippen LogP contribution >= 0.6 is 23.2 Å². The summed E-state index contributed by atoms with van der Waals surface area (Å²) < 4.78 is 0. The van der Waals surface area contributed by atoms with Crippen molar-refractivity contribution in [3.8, 4) is 12.3 Å². The van der Waals surface area contributed by atoms with E-state index in [1.54, 1.807) is 24.3 Å². The van der Waals surface area contributed by atoms with Gasteiger partial charge in [-0.1, -0.05) is 35.2 Å². The highest BCUT2D eigenvalue weighted by Crippen LogP contribution is 2.28. The largest absolute Gasteiger partial charge is 0.356 e. The average Bonchev–Trinajstić information content (AvgIpc) is 2.63. The molecule has 28 heavy (non-hydrogen) atoms. The number of hydrogen-bond donors (Lipinski definition) is 2. The third-order valence-electron chi connectivity index (χ3n) is 3.99. The lowest BCUT2D eigenvalue weighted by Crippen LogP contribution is -2.23. The molecular formula is C20H16Cl2N4O2.